The summed E-state index contributed by atoms with van der Waals surface area (Å²) in [5.41, 5.74) is 5.44. The topological polar surface area (TPSA) is 65.2 Å². The van der Waals surface area contributed by atoms with Crippen LogP contribution in [-0.4, -0.2) is 17.1 Å². The molecule has 4 nitrogen and oxygen atoms in total. The fourth-order valence-electron chi connectivity index (χ4n) is 0.896. The highest BCUT2D eigenvalue weighted by atomic mass is 32.1. The Balaban J connectivity index is 2.41. The van der Waals surface area contributed by atoms with Crippen LogP contribution in [0.4, 0.5) is 5.13 Å². The van der Waals surface area contributed by atoms with Crippen LogP contribution in [0.15, 0.2) is 6.20 Å². The van der Waals surface area contributed by atoms with E-state index >= 15 is 0 Å². The van der Waals surface area contributed by atoms with Crippen molar-refractivity contribution in [3.63, 3.8) is 0 Å². The van der Waals surface area contributed by atoms with Crippen LogP contribution in [-0.2, 0) is 16.0 Å². The number of thiazole rings is 1. The molecule has 1 aromatic rings. The van der Waals surface area contributed by atoms with E-state index in [9.17, 15) is 4.79 Å². The molecule has 0 aliphatic heterocycles. The molecule has 0 aliphatic rings. The van der Waals surface area contributed by atoms with E-state index in [0.29, 0.717) is 5.13 Å². The van der Waals surface area contributed by atoms with Gasteiger partial charge < -0.3 is 10.5 Å². The van der Waals surface area contributed by atoms with Crippen molar-refractivity contribution >= 4 is 22.4 Å². The highest BCUT2D eigenvalue weighted by molar-refractivity contribution is 7.15. The average Bonchev–Trinajstić information content (AvgIpc) is 2.50. The smallest absolute Gasteiger partial charge is 0.311 e. The molecule has 0 fully saturated rings. The predicted molar refractivity (Wildman–Crippen MR) is 56.1 cm³/mol. The summed E-state index contributed by atoms with van der Waals surface area (Å²) >= 11 is 1.32. The molecule has 0 saturated carbocycles. The molecular formula is C9H14N2O2S. The summed E-state index contributed by atoms with van der Waals surface area (Å²) in [4.78, 5) is 16.0. The number of nitrogens with zero attached hydrogens (tertiary/aromatic N) is 1. The molecule has 0 aromatic carbocycles. The van der Waals surface area contributed by atoms with Gasteiger partial charge in [-0.05, 0) is 13.3 Å². The van der Waals surface area contributed by atoms with E-state index in [2.05, 4.69) is 4.98 Å². The number of rotatable bonds is 4. The summed E-state index contributed by atoms with van der Waals surface area (Å²) in [6, 6.07) is 0. The van der Waals surface area contributed by atoms with Crippen LogP contribution in [0, 0.1) is 0 Å². The van der Waals surface area contributed by atoms with Crippen molar-refractivity contribution in [3.8, 4) is 0 Å². The van der Waals surface area contributed by atoms with E-state index in [4.69, 9.17) is 10.5 Å². The molecule has 14 heavy (non-hydrogen) atoms. The zero-order valence-corrected chi connectivity index (χ0v) is 9.13. The maximum Gasteiger partial charge on any atom is 0.311 e. The number of carbonyl (C=O) groups is 1. The number of nitrogen functional groups attached to an aromatic ring is 1. The van der Waals surface area contributed by atoms with Crippen molar-refractivity contribution in [2.45, 2.75) is 32.8 Å². The fourth-order valence-corrected chi connectivity index (χ4v) is 1.57. The Morgan fingerprint density at radius 1 is 1.79 bits per heavy atom. The summed E-state index contributed by atoms with van der Waals surface area (Å²) in [6.45, 7) is 3.85. The van der Waals surface area contributed by atoms with Crippen molar-refractivity contribution in [2.75, 3.05) is 5.73 Å². The molecule has 0 amide bonds. The van der Waals surface area contributed by atoms with Crippen molar-refractivity contribution in [2.24, 2.45) is 0 Å². The zero-order chi connectivity index (χ0) is 10.6. The molecule has 78 valence electrons. The quantitative estimate of drug-likeness (QED) is 0.773. The predicted octanol–water partition coefficient (Wildman–Crippen LogP) is 1.61. The standard InChI is InChI=1S/C9H14N2O2S/c1-3-6(2)13-8(12)4-7-5-11-9(10)14-7/h5-6H,3-4H2,1-2H3,(H2,10,11). The van der Waals surface area contributed by atoms with Crippen LogP contribution in [0.25, 0.3) is 0 Å². The summed E-state index contributed by atoms with van der Waals surface area (Å²) < 4.78 is 5.11. The third kappa shape index (κ3) is 3.33. The van der Waals surface area contributed by atoms with E-state index in [0.717, 1.165) is 11.3 Å². The van der Waals surface area contributed by atoms with Gasteiger partial charge >= 0.3 is 5.97 Å². The van der Waals surface area contributed by atoms with Gasteiger partial charge in [-0.15, -0.1) is 11.3 Å². The van der Waals surface area contributed by atoms with Crippen LogP contribution in [0.3, 0.4) is 0 Å². The van der Waals surface area contributed by atoms with Gasteiger partial charge in [0.1, 0.15) is 0 Å². The first kappa shape index (κ1) is 11.0. The molecule has 0 aliphatic carbocycles. The van der Waals surface area contributed by atoms with E-state index in [1.807, 2.05) is 13.8 Å². The van der Waals surface area contributed by atoms with Crippen LogP contribution < -0.4 is 5.73 Å². The number of esters is 1. The van der Waals surface area contributed by atoms with Crippen molar-refractivity contribution in [1.82, 2.24) is 4.98 Å². The van der Waals surface area contributed by atoms with E-state index < -0.39 is 0 Å². The van der Waals surface area contributed by atoms with Gasteiger partial charge in [-0.2, -0.15) is 0 Å². The molecule has 2 N–H and O–H groups in total. The second kappa shape index (κ2) is 4.95. The van der Waals surface area contributed by atoms with Gasteiger partial charge in [-0.25, -0.2) is 4.98 Å². The second-order valence-corrected chi connectivity index (χ2v) is 4.20. The van der Waals surface area contributed by atoms with Crippen molar-refractivity contribution in [1.29, 1.82) is 0 Å². The largest absolute Gasteiger partial charge is 0.462 e. The Hall–Kier alpha value is -1.10. The Kier molecular flexibility index (Phi) is 3.88. The van der Waals surface area contributed by atoms with Crippen molar-refractivity contribution in [3.05, 3.63) is 11.1 Å². The molecule has 5 heteroatoms. The van der Waals surface area contributed by atoms with Gasteiger partial charge in [0.2, 0.25) is 0 Å². The number of carbonyl (C=O) groups excluding carboxylic acids is 1. The molecule has 0 saturated heterocycles. The van der Waals surface area contributed by atoms with E-state index in [1.165, 1.54) is 11.3 Å². The number of ether oxygens (including phenoxy) is 1. The lowest BCUT2D eigenvalue weighted by atomic mass is 10.3. The first-order chi connectivity index (χ1) is 6.61. The van der Waals surface area contributed by atoms with Crippen LogP contribution >= 0.6 is 11.3 Å². The van der Waals surface area contributed by atoms with E-state index in [1.54, 1.807) is 6.20 Å². The van der Waals surface area contributed by atoms with Crippen molar-refractivity contribution < 1.29 is 9.53 Å². The molecule has 0 bridgehead atoms. The normalized spacial score (nSPS) is 12.4. The lowest BCUT2D eigenvalue weighted by Gasteiger charge is -2.09. The minimum Gasteiger partial charge on any atom is -0.462 e. The first-order valence-electron chi connectivity index (χ1n) is 4.51. The number of anilines is 1. The summed E-state index contributed by atoms with van der Waals surface area (Å²) in [6.07, 6.45) is 2.68. The summed E-state index contributed by atoms with van der Waals surface area (Å²) in [5, 5.41) is 0.483. The minimum atomic E-state index is -0.219. The average molecular weight is 214 g/mol. The fraction of sp³-hybridized carbons (Fsp3) is 0.556. The van der Waals surface area contributed by atoms with Gasteiger partial charge in [0.25, 0.3) is 0 Å². The van der Waals surface area contributed by atoms with Gasteiger partial charge in [-0.1, -0.05) is 6.92 Å². The maximum absolute atomic E-state index is 11.3. The zero-order valence-electron chi connectivity index (χ0n) is 8.32. The molecule has 1 atom stereocenters. The molecule has 1 heterocycles. The summed E-state index contributed by atoms with van der Waals surface area (Å²) in [7, 11) is 0. The Labute approximate surface area is 87.1 Å². The third-order valence-electron chi connectivity index (χ3n) is 1.80. The van der Waals surface area contributed by atoms with Crippen LogP contribution in [0.1, 0.15) is 25.1 Å². The molecule has 1 aromatic heterocycles. The minimum absolute atomic E-state index is 0.0206. The number of nitrogens with two attached hydrogens (primary N) is 1. The van der Waals surface area contributed by atoms with Gasteiger partial charge in [0.05, 0.1) is 12.5 Å². The Bertz CT molecular complexity index is 312. The highest BCUT2D eigenvalue weighted by Gasteiger charge is 2.10. The van der Waals surface area contributed by atoms with Crippen LogP contribution in [0.5, 0.6) is 0 Å². The number of hydrogen-bond acceptors (Lipinski definition) is 5. The molecule has 0 radical (unpaired) electrons. The lowest BCUT2D eigenvalue weighted by Crippen LogP contribution is -2.15. The molecule has 0 spiro atoms. The van der Waals surface area contributed by atoms with Gasteiger partial charge in [-0.3, -0.25) is 4.79 Å². The van der Waals surface area contributed by atoms with Gasteiger partial charge in [0, 0.05) is 11.1 Å². The summed E-state index contributed by atoms with van der Waals surface area (Å²) in [5.74, 6) is -0.219. The lowest BCUT2D eigenvalue weighted by molar-refractivity contribution is -0.147. The Morgan fingerprint density at radius 3 is 3.00 bits per heavy atom. The number of aromatic nitrogens is 1. The Morgan fingerprint density at radius 2 is 2.50 bits per heavy atom. The molecule has 1 unspecified atom stereocenters. The highest BCUT2D eigenvalue weighted by Crippen LogP contribution is 2.15. The van der Waals surface area contributed by atoms with Crippen LogP contribution in [0.2, 0.25) is 0 Å². The monoisotopic (exact) mass is 214 g/mol. The second-order valence-electron chi connectivity index (χ2n) is 3.05. The number of hydrogen-bond donors (Lipinski definition) is 1. The third-order valence-corrected chi connectivity index (χ3v) is 2.62. The maximum atomic E-state index is 11.3. The van der Waals surface area contributed by atoms with Gasteiger partial charge in [0.15, 0.2) is 5.13 Å². The SMILES string of the molecule is CCC(C)OC(=O)Cc1cnc(N)s1. The first-order valence-corrected chi connectivity index (χ1v) is 5.33. The van der Waals surface area contributed by atoms with E-state index in [-0.39, 0.29) is 18.5 Å². The molecule has 1 rings (SSSR count). The molecular weight excluding hydrogens is 200 g/mol.